The van der Waals surface area contributed by atoms with Gasteiger partial charge in [0.15, 0.2) is 11.5 Å². The molecule has 1 N–H and O–H groups in total. The zero-order valence-corrected chi connectivity index (χ0v) is 19.3. The molecule has 33 heavy (non-hydrogen) atoms. The number of hydrogen-bond donors (Lipinski definition) is 1. The second kappa shape index (κ2) is 9.03. The van der Waals surface area contributed by atoms with Crippen molar-refractivity contribution in [1.82, 2.24) is 0 Å². The minimum atomic E-state index is -4.13. The topological polar surface area (TPSA) is 94.2 Å². The van der Waals surface area contributed by atoms with Gasteiger partial charge in [-0.3, -0.25) is 9.10 Å². The molecule has 0 radical (unpaired) electrons. The summed E-state index contributed by atoms with van der Waals surface area (Å²) >= 11 is 0. The Morgan fingerprint density at radius 3 is 2.52 bits per heavy atom. The van der Waals surface area contributed by atoms with Crippen LogP contribution in [0.15, 0.2) is 65.6 Å². The van der Waals surface area contributed by atoms with Crippen molar-refractivity contribution in [1.29, 1.82) is 0 Å². The van der Waals surface area contributed by atoms with E-state index in [4.69, 9.17) is 14.2 Å². The molecule has 172 valence electrons. The molecule has 0 aliphatic carbocycles. The number of anilines is 2. The van der Waals surface area contributed by atoms with Crippen molar-refractivity contribution in [2.75, 3.05) is 30.1 Å². The average molecular weight is 469 g/mol. The number of sulfonamides is 1. The number of benzene rings is 3. The normalized spacial score (nSPS) is 12.3. The fraction of sp³-hybridized carbons (Fsp3) is 0.208. The predicted octanol–water partition coefficient (Wildman–Crippen LogP) is 3.87. The van der Waals surface area contributed by atoms with Crippen LogP contribution in [0.4, 0.5) is 11.4 Å². The van der Waals surface area contributed by atoms with Gasteiger partial charge in [0.25, 0.3) is 10.0 Å². The van der Waals surface area contributed by atoms with Crippen LogP contribution in [-0.2, 0) is 14.8 Å². The number of carbonyl (C=O) groups excluding carboxylic acids is 1. The maximum absolute atomic E-state index is 13.7. The van der Waals surface area contributed by atoms with Gasteiger partial charge in [-0.1, -0.05) is 18.2 Å². The maximum atomic E-state index is 13.7. The van der Waals surface area contributed by atoms with Crippen LogP contribution < -0.4 is 23.8 Å². The number of fused-ring (bicyclic) bond motifs is 1. The SMILES string of the molecule is COc1ccc(C)cc1S(=O)(=O)N(CC(=O)Nc1ccc2c(c1)OCO2)c1cccc(C)c1. The molecule has 1 aliphatic heterocycles. The van der Waals surface area contributed by atoms with Crippen molar-refractivity contribution < 1.29 is 27.4 Å². The highest BCUT2D eigenvalue weighted by atomic mass is 32.2. The van der Waals surface area contributed by atoms with E-state index in [1.807, 2.05) is 13.0 Å². The Bertz CT molecular complexity index is 1310. The van der Waals surface area contributed by atoms with Gasteiger partial charge in [0, 0.05) is 11.8 Å². The molecule has 0 fully saturated rings. The highest BCUT2D eigenvalue weighted by molar-refractivity contribution is 7.93. The molecule has 0 aromatic heterocycles. The van der Waals surface area contributed by atoms with Crippen LogP contribution in [0.2, 0.25) is 0 Å². The van der Waals surface area contributed by atoms with Crippen LogP contribution in [0, 0.1) is 13.8 Å². The lowest BCUT2D eigenvalue weighted by atomic mass is 10.2. The number of amides is 1. The molecule has 0 unspecified atom stereocenters. The molecule has 0 saturated carbocycles. The Hall–Kier alpha value is -3.72. The third-order valence-electron chi connectivity index (χ3n) is 5.12. The largest absolute Gasteiger partial charge is 0.495 e. The summed E-state index contributed by atoms with van der Waals surface area (Å²) in [6.07, 6.45) is 0. The maximum Gasteiger partial charge on any atom is 0.268 e. The highest BCUT2D eigenvalue weighted by Gasteiger charge is 2.30. The molecule has 3 aromatic carbocycles. The minimum absolute atomic E-state index is 0.0117. The molecular weight excluding hydrogens is 444 g/mol. The zero-order chi connectivity index (χ0) is 23.6. The van der Waals surface area contributed by atoms with Gasteiger partial charge in [0.2, 0.25) is 12.7 Å². The van der Waals surface area contributed by atoms with Crippen LogP contribution in [0.5, 0.6) is 17.2 Å². The minimum Gasteiger partial charge on any atom is -0.495 e. The van der Waals surface area contributed by atoms with Crippen molar-refractivity contribution in [2.24, 2.45) is 0 Å². The molecule has 9 heteroatoms. The van der Waals surface area contributed by atoms with Gasteiger partial charge in [-0.2, -0.15) is 0 Å². The van der Waals surface area contributed by atoms with E-state index in [1.54, 1.807) is 55.5 Å². The molecule has 0 saturated heterocycles. The lowest BCUT2D eigenvalue weighted by Crippen LogP contribution is -2.38. The number of methoxy groups -OCH3 is 1. The summed E-state index contributed by atoms with van der Waals surface area (Å²) in [4.78, 5) is 12.9. The van der Waals surface area contributed by atoms with E-state index in [0.717, 1.165) is 15.4 Å². The summed E-state index contributed by atoms with van der Waals surface area (Å²) in [5, 5.41) is 2.74. The van der Waals surface area contributed by atoms with Crippen molar-refractivity contribution in [3.8, 4) is 17.2 Å². The first kappa shape index (κ1) is 22.5. The fourth-order valence-corrected chi connectivity index (χ4v) is 5.16. The zero-order valence-electron chi connectivity index (χ0n) is 18.5. The monoisotopic (exact) mass is 468 g/mol. The summed E-state index contributed by atoms with van der Waals surface area (Å²) in [5.74, 6) is 0.795. The summed E-state index contributed by atoms with van der Waals surface area (Å²) in [5.41, 5.74) is 2.46. The van der Waals surface area contributed by atoms with Gasteiger partial charge >= 0.3 is 0 Å². The number of nitrogens with zero attached hydrogens (tertiary/aromatic N) is 1. The third-order valence-corrected chi connectivity index (χ3v) is 6.92. The molecule has 0 spiro atoms. The Morgan fingerprint density at radius 1 is 1.00 bits per heavy atom. The Balaban J connectivity index is 1.68. The molecule has 3 aromatic rings. The molecule has 8 nitrogen and oxygen atoms in total. The molecule has 4 rings (SSSR count). The van der Waals surface area contributed by atoms with Gasteiger partial charge < -0.3 is 19.5 Å². The second-order valence-electron chi connectivity index (χ2n) is 7.62. The van der Waals surface area contributed by atoms with E-state index in [-0.39, 0.29) is 17.4 Å². The van der Waals surface area contributed by atoms with Gasteiger partial charge in [-0.05, 0) is 61.4 Å². The van der Waals surface area contributed by atoms with Gasteiger partial charge in [-0.15, -0.1) is 0 Å². The van der Waals surface area contributed by atoms with E-state index in [1.165, 1.54) is 13.2 Å². The molecule has 0 bridgehead atoms. The van der Waals surface area contributed by atoms with Crippen LogP contribution in [0.1, 0.15) is 11.1 Å². The summed E-state index contributed by atoms with van der Waals surface area (Å²) in [7, 11) is -2.72. The number of ether oxygens (including phenoxy) is 3. The first-order valence-corrected chi connectivity index (χ1v) is 11.7. The first-order chi connectivity index (χ1) is 15.8. The highest BCUT2D eigenvalue weighted by Crippen LogP contribution is 2.35. The molecule has 0 atom stereocenters. The Kier molecular flexibility index (Phi) is 6.15. The van der Waals surface area contributed by atoms with E-state index in [2.05, 4.69) is 5.32 Å². The van der Waals surface area contributed by atoms with E-state index in [9.17, 15) is 13.2 Å². The summed E-state index contributed by atoms with van der Waals surface area (Å²) in [6, 6.07) is 16.9. The van der Waals surface area contributed by atoms with Gasteiger partial charge in [-0.25, -0.2) is 8.42 Å². The molecule has 1 aliphatic rings. The summed E-state index contributed by atoms with van der Waals surface area (Å²) in [6.45, 7) is 3.33. The van der Waals surface area contributed by atoms with Crippen molar-refractivity contribution in [2.45, 2.75) is 18.7 Å². The van der Waals surface area contributed by atoms with Gasteiger partial charge in [0.05, 0.1) is 12.8 Å². The number of hydrogen-bond acceptors (Lipinski definition) is 6. The standard InChI is InChI=1S/C24H24N2O6S/c1-16-5-4-6-19(11-16)26(33(28,29)23-12-17(2)7-9-21(23)30-3)14-24(27)25-18-8-10-20-22(13-18)32-15-31-20/h4-13H,14-15H2,1-3H3,(H,25,27). The van der Waals surface area contributed by atoms with Crippen molar-refractivity contribution in [3.05, 3.63) is 71.8 Å². The Labute approximate surface area is 192 Å². The van der Waals surface area contributed by atoms with E-state index < -0.39 is 22.5 Å². The number of nitrogens with one attached hydrogen (secondary N) is 1. The molecular formula is C24H24N2O6S. The van der Waals surface area contributed by atoms with Crippen LogP contribution in [-0.4, -0.2) is 34.8 Å². The third kappa shape index (κ3) is 4.73. The van der Waals surface area contributed by atoms with Crippen LogP contribution in [0.3, 0.4) is 0 Å². The number of aryl methyl sites for hydroxylation is 2. The van der Waals surface area contributed by atoms with Crippen LogP contribution in [0.25, 0.3) is 0 Å². The smallest absolute Gasteiger partial charge is 0.268 e. The number of carbonyl (C=O) groups is 1. The predicted molar refractivity (Wildman–Crippen MR) is 125 cm³/mol. The van der Waals surface area contributed by atoms with Gasteiger partial charge in [0.1, 0.15) is 17.2 Å². The van der Waals surface area contributed by atoms with E-state index >= 15 is 0 Å². The lowest BCUT2D eigenvalue weighted by Gasteiger charge is -2.25. The van der Waals surface area contributed by atoms with Crippen molar-refractivity contribution in [3.63, 3.8) is 0 Å². The second-order valence-corrected chi connectivity index (χ2v) is 9.45. The van der Waals surface area contributed by atoms with E-state index in [0.29, 0.717) is 22.9 Å². The average Bonchev–Trinajstić information content (AvgIpc) is 3.25. The van der Waals surface area contributed by atoms with Crippen molar-refractivity contribution >= 4 is 27.3 Å². The fourth-order valence-electron chi connectivity index (χ4n) is 3.51. The quantitative estimate of drug-likeness (QED) is 0.566. The molecule has 1 heterocycles. The Morgan fingerprint density at radius 2 is 1.76 bits per heavy atom. The summed E-state index contributed by atoms with van der Waals surface area (Å²) < 4.78 is 44.5. The van der Waals surface area contributed by atoms with Crippen LogP contribution >= 0.6 is 0 Å². The lowest BCUT2D eigenvalue weighted by molar-refractivity contribution is -0.114. The first-order valence-electron chi connectivity index (χ1n) is 10.2. The molecule has 1 amide bonds. The number of rotatable bonds is 7.